The highest BCUT2D eigenvalue weighted by Gasteiger charge is 2.20. The molecule has 0 aliphatic carbocycles. The van der Waals surface area contributed by atoms with Crippen molar-refractivity contribution < 1.29 is 9.18 Å². The molecule has 0 bridgehead atoms. The first-order valence-electron chi connectivity index (χ1n) is 10.7. The molecule has 158 valence electrons. The second-order valence-corrected chi connectivity index (χ2v) is 7.78. The molecular formula is C27H22FN3O. The van der Waals surface area contributed by atoms with Crippen LogP contribution in [0.15, 0.2) is 91.1 Å². The van der Waals surface area contributed by atoms with Gasteiger partial charge in [0.15, 0.2) is 0 Å². The highest BCUT2D eigenvalue weighted by atomic mass is 19.1. The number of carbonyl (C=O) groups is 1. The molecule has 4 nitrogen and oxygen atoms in total. The van der Waals surface area contributed by atoms with Crippen LogP contribution in [-0.4, -0.2) is 22.2 Å². The molecule has 1 aliphatic heterocycles. The summed E-state index contributed by atoms with van der Waals surface area (Å²) < 4.78 is 15.2. The number of rotatable bonds is 4. The topological polar surface area (TPSA) is 38.1 Å². The van der Waals surface area contributed by atoms with Gasteiger partial charge in [-0.2, -0.15) is 5.10 Å². The van der Waals surface area contributed by atoms with Gasteiger partial charge in [0.05, 0.1) is 11.4 Å². The van der Waals surface area contributed by atoms with Crippen molar-refractivity contribution in [2.75, 3.05) is 11.4 Å². The molecule has 3 aromatic carbocycles. The molecule has 4 aromatic rings. The minimum atomic E-state index is -0.299. The second-order valence-electron chi connectivity index (χ2n) is 7.78. The van der Waals surface area contributed by atoms with E-state index in [2.05, 4.69) is 6.07 Å². The fourth-order valence-electron chi connectivity index (χ4n) is 4.07. The average molecular weight is 423 g/mol. The van der Waals surface area contributed by atoms with Crippen LogP contribution in [0, 0.1) is 5.82 Å². The van der Waals surface area contributed by atoms with Gasteiger partial charge in [-0.3, -0.25) is 4.79 Å². The number of hydrogen-bond acceptors (Lipinski definition) is 2. The van der Waals surface area contributed by atoms with Gasteiger partial charge in [-0.15, -0.1) is 0 Å². The largest absolute Gasteiger partial charge is 0.309 e. The van der Waals surface area contributed by atoms with Gasteiger partial charge in [0.1, 0.15) is 5.82 Å². The summed E-state index contributed by atoms with van der Waals surface area (Å²) in [6.07, 6.45) is 7.22. The number of benzene rings is 3. The Morgan fingerprint density at radius 3 is 2.50 bits per heavy atom. The molecule has 0 atom stereocenters. The van der Waals surface area contributed by atoms with E-state index in [9.17, 15) is 9.18 Å². The van der Waals surface area contributed by atoms with E-state index < -0.39 is 0 Å². The molecule has 32 heavy (non-hydrogen) atoms. The summed E-state index contributed by atoms with van der Waals surface area (Å²) in [5.74, 6) is -0.359. The number of fused-ring (bicyclic) bond motifs is 1. The number of anilines is 1. The maximum atomic E-state index is 13.5. The standard InChI is InChI=1S/C27H22FN3O/c28-23-15-12-21(13-16-23)27-22(19-31(29-27)24-9-2-1-3-10-24)14-17-26(32)30-18-6-8-20-7-4-5-11-25(20)30/h1-5,7,9-17,19H,6,8,18H2. The molecule has 5 heteroatoms. The Morgan fingerprint density at radius 2 is 1.69 bits per heavy atom. The SMILES string of the molecule is O=C(C=Cc1cn(-c2ccccc2)nc1-c1ccc(F)cc1)N1CCCc2ccccc21. The summed E-state index contributed by atoms with van der Waals surface area (Å²) in [7, 11) is 0. The van der Waals surface area contributed by atoms with Gasteiger partial charge in [-0.05, 0) is 66.9 Å². The van der Waals surface area contributed by atoms with E-state index in [-0.39, 0.29) is 11.7 Å². The van der Waals surface area contributed by atoms with E-state index in [4.69, 9.17) is 5.10 Å². The first-order chi connectivity index (χ1) is 15.7. The highest BCUT2D eigenvalue weighted by Crippen LogP contribution is 2.28. The number of carbonyl (C=O) groups excluding carboxylic acids is 1. The van der Waals surface area contributed by atoms with Gasteiger partial charge < -0.3 is 4.90 Å². The predicted molar refractivity (Wildman–Crippen MR) is 125 cm³/mol. The lowest BCUT2D eigenvalue weighted by molar-refractivity contribution is -0.114. The number of aromatic nitrogens is 2. The van der Waals surface area contributed by atoms with E-state index in [1.54, 1.807) is 29.0 Å². The normalized spacial score (nSPS) is 13.3. The third kappa shape index (κ3) is 3.97. The number of halogens is 1. The minimum Gasteiger partial charge on any atom is -0.309 e. The first kappa shape index (κ1) is 19.9. The lowest BCUT2D eigenvalue weighted by Crippen LogP contribution is -2.34. The number of para-hydroxylation sites is 2. The highest BCUT2D eigenvalue weighted by molar-refractivity contribution is 6.04. The fourth-order valence-corrected chi connectivity index (χ4v) is 4.07. The molecule has 0 radical (unpaired) electrons. The molecule has 0 saturated heterocycles. The molecule has 1 aliphatic rings. The van der Waals surface area contributed by atoms with E-state index >= 15 is 0 Å². The van der Waals surface area contributed by atoms with E-state index in [0.717, 1.165) is 35.3 Å². The van der Waals surface area contributed by atoms with Crippen LogP contribution in [0.5, 0.6) is 0 Å². The van der Waals surface area contributed by atoms with Crippen molar-refractivity contribution in [3.05, 3.63) is 108 Å². The van der Waals surface area contributed by atoms with E-state index in [1.807, 2.05) is 59.6 Å². The predicted octanol–water partition coefficient (Wildman–Crippen LogP) is 5.67. The monoisotopic (exact) mass is 423 g/mol. The zero-order valence-corrected chi connectivity index (χ0v) is 17.5. The van der Waals surface area contributed by atoms with Crippen LogP contribution in [0.1, 0.15) is 17.5 Å². The molecule has 0 saturated carbocycles. The Labute approximate surface area is 186 Å². The zero-order chi connectivity index (χ0) is 21.9. The second kappa shape index (κ2) is 8.63. The fraction of sp³-hybridized carbons (Fsp3) is 0.111. The van der Waals surface area contributed by atoms with Gasteiger partial charge in [-0.25, -0.2) is 9.07 Å². The zero-order valence-electron chi connectivity index (χ0n) is 17.5. The van der Waals surface area contributed by atoms with Crippen molar-refractivity contribution in [2.45, 2.75) is 12.8 Å². The lowest BCUT2D eigenvalue weighted by Gasteiger charge is -2.28. The summed E-state index contributed by atoms with van der Waals surface area (Å²) in [5, 5.41) is 4.72. The van der Waals surface area contributed by atoms with Crippen molar-refractivity contribution in [3.8, 4) is 16.9 Å². The van der Waals surface area contributed by atoms with Gasteiger partial charge in [0.25, 0.3) is 5.91 Å². The van der Waals surface area contributed by atoms with Gasteiger partial charge >= 0.3 is 0 Å². The molecule has 0 N–H and O–H groups in total. The third-order valence-corrected chi connectivity index (χ3v) is 5.66. The molecular weight excluding hydrogens is 401 g/mol. The molecule has 1 aromatic heterocycles. The number of nitrogens with zero attached hydrogens (tertiary/aromatic N) is 3. The Kier molecular flexibility index (Phi) is 5.38. The molecule has 0 unspecified atom stereocenters. The Hall–Kier alpha value is -3.99. The van der Waals surface area contributed by atoms with Crippen molar-refractivity contribution in [1.29, 1.82) is 0 Å². The third-order valence-electron chi connectivity index (χ3n) is 5.66. The van der Waals surface area contributed by atoms with E-state index in [0.29, 0.717) is 12.2 Å². The van der Waals surface area contributed by atoms with Crippen molar-refractivity contribution in [1.82, 2.24) is 9.78 Å². The van der Waals surface area contributed by atoms with Gasteiger partial charge in [-0.1, -0.05) is 36.4 Å². The van der Waals surface area contributed by atoms with Crippen LogP contribution in [0.3, 0.4) is 0 Å². The van der Waals surface area contributed by atoms with Crippen LogP contribution in [0.4, 0.5) is 10.1 Å². The Bertz CT molecular complexity index is 1280. The minimum absolute atomic E-state index is 0.0605. The van der Waals surface area contributed by atoms with Crippen LogP contribution < -0.4 is 4.90 Å². The summed E-state index contributed by atoms with van der Waals surface area (Å²) >= 11 is 0. The van der Waals surface area contributed by atoms with Crippen molar-refractivity contribution in [2.24, 2.45) is 0 Å². The van der Waals surface area contributed by atoms with Crippen molar-refractivity contribution >= 4 is 17.7 Å². The summed E-state index contributed by atoms with van der Waals surface area (Å²) in [5.41, 5.74) is 5.36. The molecule has 2 heterocycles. The van der Waals surface area contributed by atoms with Crippen LogP contribution in [0.2, 0.25) is 0 Å². The van der Waals surface area contributed by atoms with Crippen molar-refractivity contribution in [3.63, 3.8) is 0 Å². The van der Waals surface area contributed by atoms with Gasteiger partial charge in [0, 0.05) is 35.6 Å². The average Bonchev–Trinajstić information content (AvgIpc) is 3.27. The summed E-state index contributed by atoms with van der Waals surface area (Å²) in [6.45, 7) is 0.703. The first-order valence-corrected chi connectivity index (χ1v) is 10.7. The smallest absolute Gasteiger partial charge is 0.250 e. The van der Waals surface area contributed by atoms with Crippen LogP contribution in [-0.2, 0) is 11.2 Å². The molecule has 1 amide bonds. The number of aryl methyl sites for hydroxylation is 1. The van der Waals surface area contributed by atoms with Crippen LogP contribution in [0.25, 0.3) is 23.0 Å². The molecule has 0 spiro atoms. The lowest BCUT2D eigenvalue weighted by atomic mass is 10.0. The van der Waals surface area contributed by atoms with Gasteiger partial charge in [0.2, 0.25) is 0 Å². The summed E-state index contributed by atoms with van der Waals surface area (Å²) in [4.78, 5) is 14.9. The van der Waals surface area contributed by atoms with E-state index in [1.165, 1.54) is 17.7 Å². The maximum absolute atomic E-state index is 13.5. The Balaban J connectivity index is 1.50. The molecule has 5 rings (SSSR count). The summed E-state index contributed by atoms with van der Waals surface area (Å²) in [6, 6.07) is 24.1. The Morgan fingerprint density at radius 1 is 0.938 bits per heavy atom. The molecule has 0 fully saturated rings. The number of amides is 1. The quantitative estimate of drug-likeness (QED) is 0.397. The number of hydrogen-bond donors (Lipinski definition) is 0. The van der Waals surface area contributed by atoms with Crippen LogP contribution >= 0.6 is 0 Å². The maximum Gasteiger partial charge on any atom is 0.250 e.